The first kappa shape index (κ1) is 26.6. The van der Waals surface area contributed by atoms with Crippen molar-refractivity contribution in [1.82, 2.24) is 19.1 Å². The van der Waals surface area contributed by atoms with Crippen molar-refractivity contribution in [3.05, 3.63) is 23.9 Å². The molecule has 0 spiro atoms. The van der Waals surface area contributed by atoms with Crippen LogP contribution < -0.4 is 0 Å². The number of carbonyl (C=O) groups is 1. The molecule has 1 saturated carbocycles. The van der Waals surface area contributed by atoms with Gasteiger partial charge in [-0.2, -0.15) is 17.5 Å². The third-order valence-corrected chi connectivity index (χ3v) is 9.60. The summed E-state index contributed by atoms with van der Waals surface area (Å²) in [5, 5.41) is 8.82. The Labute approximate surface area is 213 Å². The highest BCUT2D eigenvalue weighted by Gasteiger charge is 2.48. The van der Waals surface area contributed by atoms with Crippen LogP contribution in [0, 0.1) is 5.92 Å². The molecule has 1 amide bonds. The minimum absolute atomic E-state index is 0.00804. The van der Waals surface area contributed by atoms with Gasteiger partial charge in [-0.05, 0) is 43.7 Å². The Morgan fingerprint density at radius 2 is 1.84 bits per heavy atom. The van der Waals surface area contributed by atoms with Gasteiger partial charge in [0.15, 0.2) is 5.03 Å². The number of alkyl halides is 3. The number of sulfonamides is 1. The van der Waals surface area contributed by atoms with E-state index in [9.17, 15) is 31.5 Å². The largest absolute Gasteiger partial charge is 0.448 e. The Balaban J connectivity index is 1.29. The molecule has 4 fully saturated rings. The van der Waals surface area contributed by atoms with Gasteiger partial charge in [0, 0.05) is 37.9 Å². The van der Waals surface area contributed by atoms with Gasteiger partial charge < -0.3 is 19.5 Å². The SMILES string of the molecule is O=C(OC[C@H]1COC[C@@H](C2CC2)N1S(=O)(=O)c1ccc(C(F)(F)F)cn1)N1CC2CCC(C1)N2CCO. The van der Waals surface area contributed by atoms with Gasteiger partial charge in [-0.25, -0.2) is 18.2 Å². The van der Waals surface area contributed by atoms with E-state index in [0.717, 1.165) is 31.7 Å². The fourth-order valence-corrected chi connectivity index (χ4v) is 7.50. The van der Waals surface area contributed by atoms with Gasteiger partial charge in [0.05, 0.1) is 37.5 Å². The van der Waals surface area contributed by atoms with Crippen molar-refractivity contribution < 1.29 is 41.0 Å². The first-order chi connectivity index (χ1) is 17.6. The zero-order chi connectivity index (χ0) is 26.4. The lowest BCUT2D eigenvalue weighted by Crippen LogP contribution is -2.58. The van der Waals surface area contributed by atoms with Crippen molar-refractivity contribution in [2.45, 2.75) is 61.1 Å². The monoisotopic (exact) mass is 548 g/mol. The minimum Gasteiger partial charge on any atom is -0.448 e. The Morgan fingerprint density at radius 1 is 1.14 bits per heavy atom. The van der Waals surface area contributed by atoms with E-state index in [-0.39, 0.29) is 44.4 Å². The number of hydrogen-bond acceptors (Lipinski definition) is 8. The quantitative estimate of drug-likeness (QED) is 0.546. The third-order valence-electron chi connectivity index (χ3n) is 7.71. The number of aliphatic hydroxyl groups is 1. The molecule has 1 aliphatic carbocycles. The van der Waals surface area contributed by atoms with Gasteiger partial charge in [-0.3, -0.25) is 4.90 Å². The summed E-state index contributed by atoms with van der Waals surface area (Å²) in [6.07, 6.45) is -1.18. The van der Waals surface area contributed by atoms with Crippen LogP contribution in [-0.4, -0.2) is 109 Å². The van der Waals surface area contributed by atoms with Crippen molar-refractivity contribution in [3.63, 3.8) is 0 Å². The van der Waals surface area contributed by atoms with E-state index in [1.807, 2.05) is 0 Å². The number of aromatic nitrogens is 1. The number of halogens is 3. The standard InChI is InChI=1S/C23H31F3N4O6S/c24-23(25,26)16-3-6-21(27-9-16)37(33,34)30-19(12-35-14-20(30)15-1-2-15)13-36-22(32)28-10-17-4-5-18(11-28)29(17)7-8-31/h3,6,9,15,17-20,31H,1-2,4-5,7-8,10-14H2/t17?,18?,19-,20+/m1/s1. The predicted octanol–water partition coefficient (Wildman–Crippen LogP) is 1.55. The number of rotatable bonds is 7. The molecule has 10 nitrogen and oxygen atoms in total. The number of nitrogens with zero attached hydrogens (tertiary/aromatic N) is 4. The van der Waals surface area contributed by atoms with Gasteiger partial charge in [-0.1, -0.05) is 0 Å². The van der Waals surface area contributed by atoms with Crippen LogP contribution in [0.3, 0.4) is 0 Å². The zero-order valence-electron chi connectivity index (χ0n) is 20.2. The van der Waals surface area contributed by atoms with Crippen LogP contribution in [0.1, 0.15) is 31.2 Å². The molecule has 1 aromatic heterocycles. The van der Waals surface area contributed by atoms with Crippen molar-refractivity contribution in [2.75, 3.05) is 46.1 Å². The van der Waals surface area contributed by atoms with Crippen molar-refractivity contribution >= 4 is 16.1 Å². The first-order valence-corrected chi connectivity index (χ1v) is 14.0. The van der Waals surface area contributed by atoms with Gasteiger partial charge >= 0.3 is 12.3 Å². The van der Waals surface area contributed by atoms with Crippen LogP contribution in [0.5, 0.6) is 0 Å². The summed E-state index contributed by atoms with van der Waals surface area (Å²) in [5.74, 6) is 0.0675. The van der Waals surface area contributed by atoms with E-state index < -0.39 is 45.0 Å². The van der Waals surface area contributed by atoms with E-state index in [1.165, 1.54) is 4.31 Å². The molecule has 0 aromatic carbocycles. The number of morpholine rings is 1. The number of amides is 1. The second kappa shape index (κ2) is 10.3. The lowest BCUT2D eigenvalue weighted by Gasteiger charge is -2.42. The summed E-state index contributed by atoms with van der Waals surface area (Å²) in [5.41, 5.74) is -1.04. The highest BCUT2D eigenvalue weighted by Crippen LogP contribution is 2.40. The fraction of sp³-hybridized carbons (Fsp3) is 0.739. The van der Waals surface area contributed by atoms with Crippen LogP contribution in [-0.2, 0) is 25.7 Å². The number of ether oxygens (including phenoxy) is 2. The maximum atomic E-state index is 13.6. The molecule has 4 aliphatic rings. The summed E-state index contributed by atoms with van der Waals surface area (Å²) >= 11 is 0. The Morgan fingerprint density at radius 3 is 2.41 bits per heavy atom. The highest BCUT2D eigenvalue weighted by molar-refractivity contribution is 7.89. The van der Waals surface area contributed by atoms with Crippen LogP contribution in [0.2, 0.25) is 0 Å². The number of carbonyl (C=O) groups excluding carboxylic acids is 1. The first-order valence-electron chi connectivity index (χ1n) is 12.5. The molecule has 1 aromatic rings. The summed E-state index contributed by atoms with van der Waals surface area (Å²) < 4.78 is 78.6. The number of likely N-dealkylation sites (tertiary alicyclic amines) is 1. The molecule has 1 N–H and O–H groups in total. The minimum atomic E-state index is -4.63. The third kappa shape index (κ3) is 5.44. The fourth-order valence-electron chi connectivity index (χ4n) is 5.75. The molecule has 37 heavy (non-hydrogen) atoms. The van der Waals surface area contributed by atoms with Crippen LogP contribution in [0.25, 0.3) is 0 Å². The lowest BCUT2D eigenvalue weighted by molar-refractivity contribution is -0.137. The summed E-state index contributed by atoms with van der Waals surface area (Å²) in [6, 6.07) is 0.528. The van der Waals surface area contributed by atoms with E-state index in [1.54, 1.807) is 4.90 Å². The average Bonchev–Trinajstić information content (AvgIpc) is 3.68. The maximum absolute atomic E-state index is 13.6. The molecule has 3 aliphatic heterocycles. The van der Waals surface area contributed by atoms with E-state index in [4.69, 9.17) is 9.47 Å². The normalized spacial score (nSPS) is 29.5. The van der Waals surface area contributed by atoms with Crippen LogP contribution in [0.15, 0.2) is 23.4 Å². The molecule has 2 bridgehead atoms. The van der Waals surface area contributed by atoms with Gasteiger partial charge in [0.2, 0.25) is 0 Å². The van der Waals surface area contributed by atoms with E-state index in [0.29, 0.717) is 31.9 Å². The predicted molar refractivity (Wildman–Crippen MR) is 123 cm³/mol. The molecule has 0 radical (unpaired) electrons. The number of hydrogen-bond donors (Lipinski definition) is 1. The zero-order valence-corrected chi connectivity index (χ0v) is 21.0. The Bertz CT molecular complexity index is 1070. The van der Waals surface area contributed by atoms with Crippen molar-refractivity contribution in [2.24, 2.45) is 5.92 Å². The molecule has 4 heterocycles. The Hall–Kier alpha value is -2.00. The number of pyridine rings is 1. The van der Waals surface area contributed by atoms with Gasteiger partial charge in [-0.15, -0.1) is 0 Å². The number of fused-ring (bicyclic) bond motifs is 2. The lowest BCUT2D eigenvalue weighted by atomic mass is 10.1. The smallest absolute Gasteiger partial charge is 0.417 e. The topological polar surface area (TPSA) is 113 Å². The number of piperazine rings is 1. The second-order valence-electron chi connectivity index (χ2n) is 10.1. The molecule has 3 saturated heterocycles. The van der Waals surface area contributed by atoms with Crippen molar-refractivity contribution in [3.8, 4) is 0 Å². The summed E-state index contributed by atoms with van der Waals surface area (Å²) in [6.45, 7) is 1.47. The Kier molecular flexibility index (Phi) is 7.39. The van der Waals surface area contributed by atoms with Crippen molar-refractivity contribution in [1.29, 1.82) is 0 Å². The second-order valence-corrected chi connectivity index (χ2v) is 11.9. The molecular formula is C23H31F3N4O6S. The number of aliphatic hydroxyl groups excluding tert-OH is 1. The molecule has 14 heteroatoms. The molecule has 4 atom stereocenters. The van der Waals surface area contributed by atoms with Gasteiger partial charge in [0.1, 0.15) is 6.61 Å². The van der Waals surface area contributed by atoms with E-state index >= 15 is 0 Å². The molecule has 2 unspecified atom stereocenters. The van der Waals surface area contributed by atoms with Crippen LogP contribution >= 0.6 is 0 Å². The van der Waals surface area contributed by atoms with Gasteiger partial charge in [0.25, 0.3) is 10.0 Å². The van der Waals surface area contributed by atoms with E-state index in [2.05, 4.69) is 9.88 Å². The molecular weight excluding hydrogens is 517 g/mol. The average molecular weight is 549 g/mol. The highest BCUT2D eigenvalue weighted by atomic mass is 32.2. The summed E-state index contributed by atoms with van der Waals surface area (Å²) in [4.78, 5) is 20.4. The molecule has 5 rings (SSSR count). The maximum Gasteiger partial charge on any atom is 0.417 e. The van der Waals surface area contributed by atoms with Crippen LogP contribution in [0.4, 0.5) is 18.0 Å². The molecule has 206 valence electrons. The summed E-state index contributed by atoms with van der Waals surface area (Å²) in [7, 11) is -4.28.